The van der Waals surface area contributed by atoms with Crippen LogP contribution in [0.15, 0.2) is 48.5 Å². The molecule has 0 unspecified atom stereocenters. The first-order valence-corrected chi connectivity index (χ1v) is 7.00. The molecule has 5 nitrogen and oxygen atoms in total. The SMILES string of the molecule is CNC(=O)Cc1cccc(NC(=O)Cc2ccc(N)cc2)c1. The molecule has 0 aliphatic rings. The van der Waals surface area contributed by atoms with Crippen molar-refractivity contribution >= 4 is 23.2 Å². The molecule has 0 aliphatic carbocycles. The highest BCUT2D eigenvalue weighted by Crippen LogP contribution is 2.13. The third-order valence-corrected chi connectivity index (χ3v) is 3.20. The number of rotatable bonds is 5. The Hall–Kier alpha value is -2.82. The third-order valence-electron chi connectivity index (χ3n) is 3.20. The Morgan fingerprint density at radius 3 is 2.32 bits per heavy atom. The summed E-state index contributed by atoms with van der Waals surface area (Å²) in [5.74, 6) is -0.174. The highest BCUT2D eigenvalue weighted by atomic mass is 16.2. The number of hydrogen-bond donors (Lipinski definition) is 3. The van der Waals surface area contributed by atoms with Crippen molar-refractivity contribution in [1.82, 2.24) is 5.32 Å². The smallest absolute Gasteiger partial charge is 0.228 e. The van der Waals surface area contributed by atoms with Crippen molar-refractivity contribution in [1.29, 1.82) is 0 Å². The van der Waals surface area contributed by atoms with E-state index in [4.69, 9.17) is 5.73 Å². The number of anilines is 2. The molecule has 2 aromatic carbocycles. The number of nitrogens with two attached hydrogens (primary N) is 1. The number of benzene rings is 2. The molecule has 0 atom stereocenters. The molecule has 22 heavy (non-hydrogen) atoms. The minimum atomic E-state index is -0.109. The summed E-state index contributed by atoms with van der Waals surface area (Å²) in [4.78, 5) is 23.4. The van der Waals surface area contributed by atoms with Gasteiger partial charge in [-0.2, -0.15) is 0 Å². The van der Waals surface area contributed by atoms with E-state index < -0.39 is 0 Å². The lowest BCUT2D eigenvalue weighted by molar-refractivity contribution is -0.120. The molecule has 2 rings (SSSR count). The first-order valence-electron chi connectivity index (χ1n) is 7.00. The van der Waals surface area contributed by atoms with Crippen LogP contribution in [0.3, 0.4) is 0 Å². The Morgan fingerprint density at radius 2 is 1.64 bits per heavy atom. The largest absolute Gasteiger partial charge is 0.399 e. The molecule has 2 amide bonds. The minimum absolute atomic E-state index is 0.0645. The maximum absolute atomic E-state index is 12.0. The predicted molar refractivity (Wildman–Crippen MR) is 87.4 cm³/mol. The van der Waals surface area contributed by atoms with E-state index in [1.54, 1.807) is 31.3 Å². The molecule has 2 aromatic rings. The number of amides is 2. The Labute approximate surface area is 129 Å². The van der Waals surface area contributed by atoms with Crippen LogP contribution >= 0.6 is 0 Å². The van der Waals surface area contributed by atoms with E-state index in [1.165, 1.54) is 0 Å². The van der Waals surface area contributed by atoms with Crippen LogP contribution in [0.25, 0.3) is 0 Å². The lowest BCUT2D eigenvalue weighted by Crippen LogP contribution is -2.20. The van der Waals surface area contributed by atoms with Crippen molar-refractivity contribution in [2.45, 2.75) is 12.8 Å². The average Bonchev–Trinajstić information content (AvgIpc) is 2.49. The fourth-order valence-electron chi connectivity index (χ4n) is 2.06. The lowest BCUT2D eigenvalue weighted by Gasteiger charge is -2.08. The second-order valence-electron chi connectivity index (χ2n) is 5.02. The van der Waals surface area contributed by atoms with E-state index in [2.05, 4.69) is 10.6 Å². The van der Waals surface area contributed by atoms with Crippen molar-refractivity contribution in [3.05, 3.63) is 59.7 Å². The third kappa shape index (κ3) is 4.63. The molecule has 114 valence electrons. The Morgan fingerprint density at radius 1 is 0.955 bits per heavy atom. The number of nitrogens with one attached hydrogen (secondary N) is 2. The van der Waals surface area contributed by atoms with Crippen molar-refractivity contribution in [2.24, 2.45) is 0 Å². The van der Waals surface area contributed by atoms with E-state index in [-0.39, 0.29) is 24.7 Å². The zero-order valence-corrected chi connectivity index (χ0v) is 12.4. The van der Waals surface area contributed by atoms with Crippen LogP contribution in [0.4, 0.5) is 11.4 Å². The van der Waals surface area contributed by atoms with Crippen molar-refractivity contribution in [2.75, 3.05) is 18.1 Å². The van der Waals surface area contributed by atoms with Crippen LogP contribution in [0.2, 0.25) is 0 Å². The van der Waals surface area contributed by atoms with Gasteiger partial charge in [-0.25, -0.2) is 0 Å². The summed E-state index contributed by atoms with van der Waals surface area (Å²) in [6.45, 7) is 0. The lowest BCUT2D eigenvalue weighted by atomic mass is 10.1. The highest BCUT2D eigenvalue weighted by molar-refractivity contribution is 5.92. The summed E-state index contributed by atoms with van der Waals surface area (Å²) in [6.07, 6.45) is 0.568. The van der Waals surface area contributed by atoms with Crippen LogP contribution in [0.5, 0.6) is 0 Å². The van der Waals surface area contributed by atoms with E-state index in [9.17, 15) is 9.59 Å². The number of likely N-dealkylation sites (N-methyl/N-ethyl adjacent to an activating group) is 1. The summed E-state index contributed by atoms with van der Waals surface area (Å²) in [5.41, 5.74) is 8.72. The van der Waals surface area contributed by atoms with E-state index in [1.807, 2.05) is 24.3 Å². The summed E-state index contributed by atoms with van der Waals surface area (Å²) in [6, 6.07) is 14.5. The Kier molecular flexibility index (Phi) is 5.14. The van der Waals surface area contributed by atoms with Crippen LogP contribution < -0.4 is 16.4 Å². The molecule has 0 fully saturated rings. The summed E-state index contributed by atoms with van der Waals surface area (Å²) < 4.78 is 0. The molecule has 0 aliphatic heterocycles. The summed E-state index contributed by atoms with van der Waals surface area (Å²) in [5, 5.41) is 5.41. The van der Waals surface area contributed by atoms with Gasteiger partial charge in [0.15, 0.2) is 0 Å². The van der Waals surface area contributed by atoms with Gasteiger partial charge in [-0.3, -0.25) is 9.59 Å². The molecule has 0 saturated carbocycles. The van der Waals surface area contributed by atoms with Gasteiger partial charge in [-0.05, 0) is 35.4 Å². The molecular formula is C17H19N3O2. The molecule has 0 radical (unpaired) electrons. The first kappa shape index (κ1) is 15.6. The molecule has 0 aromatic heterocycles. The Bertz CT molecular complexity index is 666. The Balaban J connectivity index is 1.97. The maximum Gasteiger partial charge on any atom is 0.228 e. The maximum atomic E-state index is 12.0. The van der Waals surface area contributed by atoms with Crippen LogP contribution in [-0.2, 0) is 22.4 Å². The molecule has 0 spiro atoms. The summed E-state index contributed by atoms with van der Waals surface area (Å²) in [7, 11) is 1.60. The van der Waals surface area contributed by atoms with Gasteiger partial charge in [0.05, 0.1) is 12.8 Å². The zero-order chi connectivity index (χ0) is 15.9. The molecule has 5 heteroatoms. The predicted octanol–water partition coefficient (Wildman–Crippen LogP) is 1.74. The standard InChI is InChI=1S/C17H19N3O2/c1-19-16(21)11-13-3-2-4-15(9-13)20-17(22)10-12-5-7-14(18)8-6-12/h2-9H,10-11,18H2,1H3,(H,19,21)(H,20,22). The molecule has 0 bridgehead atoms. The second-order valence-corrected chi connectivity index (χ2v) is 5.02. The quantitative estimate of drug-likeness (QED) is 0.735. The minimum Gasteiger partial charge on any atom is -0.399 e. The second kappa shape index (κ2) is 7.26. The monoisotopic (exact) mass is 297 g/mol. The number of carbonyl (C=O) groups is 2. The van der Waals surface area contributed by atoms with Gasteiger partial charge < -0.3 is 16.4 Å². The van der Waals surface area contributed by atoms with Crippen molar-refractivity contribution < 1.29 is 9.59 Å². The first-order chi connectivity index (χ1) is 10.6. The number of carbonyl (C=O) groups excluding carboxylic acids is 2. The molecule has 0 saturated heterocycles. The van der Waals surface area contributed by atoms with Crippen LogP contribution in [0.1, 0.15) is 11.1 Å². The highest BCUT2D eigenvalue weighted by Gasteiger charge is 2.06. The van der Waals surface area contributed by atoms with Gasteiger partial charge in [0, 0.05) is 18.4 Å². The van der Waals surface area contributed by atoms with E-state index >= 15 is 0 Å². The van der Waals surface area contributed by atoms with Gasteiger partial charge in [0.2, 0.25) is 11.8 Å². The normalized spacial score (nSPS) is 10.0. The fraction of sp³-hybridized carbons (Fsp3) is 0.176. The van der Waals surface area contributed by atoms with Gasteiger partial charge in [-0.15, -0.1) is 0 Å². The molecule has 0 heterocycles. The van der Waals surface area contributed by atoms with Crippen molar-refractivity contribution in [3.8, 4) is 0 Å². The number of hydrogen-bond acceptors (Lipinski definition) is 3. The average molecular weight is 297 g/mol. The number of nitrogen functional groups attached to an aromatic ring is 1. The van der Waals surface area contributed by atoms with Crippen LogP contribution in [0, 0.1) is 0 Å². The molecule has 4 N–H and O–H groups in total. The topological polar surface area (TPSA) is 84.2 Å². The van der Waals surface area contributed by atoms with E-state index in [0.717, 1.165) is 11.1 Å². The van der Waals surface area contributed by atoms with Gasteiger partial charge >= 0.3 is 0 Å². The van der Waals surface area contributed by atoms with Gasteiger partial charge in [0.25, 0.3) is 0 Å². The van der Waals surface area contributed by atoms with Gasteiger partial charge in [-0.1, -0.05) is 24.3 Å². The zero-order valence-electron chi connectivity index (χ0n) is 12.4. The van der Waals surface area contributed by atoms with Gasteiger partial charge in [0.1, 0.15) is 0 Å². The van der Waals surface area contributed by atoms with E-state index in [0.29, 0.717) is 11.4 Å². The molecular weight excluding hydrogens is 278 g/mol. The summed E-state index contributed by atoms with van der Waals surface area (Å²) >= 11 is 0. The van der Waals surface area contributed by atoms with Crippen molar-refractivity contribution in [3.63, 3.8) is 0 Å². The fourth-order valence-corrected chi connectivity index (χ4v) is 2.06. The van der Waals surface area contributed by atoms with Crippen LogP contribution in [-0.4, -0.2) is 18.9 Å².